The van der Waals surface area contributed by atoms with E-state index in [1.165, 1.54) is 5.56 Å². The molecule has 0 unspecified atom stereocenters. The first-order chi connectivity index (χ1) is 12.8. The van der Waals surface area contributed by atoms with Gasteiger partial charge in [-0.1, -0.05) is 12.1 Å². The Morgan fingerprint density at radius 1 is 1.19 bits per heavy atom. The van der Waals surface area contributed by atoms with E-state index in [9.17, 15) is 13.2 Å². The molecule has 0 N–H and O–H groups in total. The highest BCUT2D eigenvalue weighted by atomic mass is 32.2. The Balaban J connectivity index is 1.38. The van der Waals surface area contributed by atoms with E-state index in [0.29, 0.717) is 25.3 Å². The van der Waals surface area contributed by atoms with Crippen LogP contribution in [0.15, 0.2) is 22.8 Å². The lowest BCUT2D eigenvalue weighted by molar-refractivity contribution is -0.132. The summed E-state index contributed by atoms with van der Waals surface area (Å²) in [5.74, 6) is 0.666. The monoisotopic (exact) mass is 390 g/mol. The number of hydrogen-bond acceptors (Lipinski definition) is 5. The molecule has 0 radical (unpaired) electrons. The number of piperazine rings is 1. The highest BCUT2D eigenvalue weighted by Crippen LogP contribution is 2.27. The molecule has 146 valence electrons. The maximum atomic E-state index is 12.8. The lowest BCUT2D eigenvalue weighted by Gasteiger charge is -2.37. The van der Waals surface area contributed by atoms with Crippen LogP contribution in [-0.4, -0.2) is 67.9 Å². The first-order valence-electron chi connectivity index (χ1n) is 9.52. The van der Waals surface area contributed by atoms with Gasteiger partial charge < -0.3 is 9.32 Å². The third-order valence-electron chi connectivity index (χ3n) is 6.08. The maximum absolute atomic E-state index is 12.8. The molecule has 2 aromatic rings. The number of sulfone groups is 1. The molecule has 2 aliphatic heterocycles. The molecule has 0 saturated carbocycles. The molecule has 2 aliphatic rings. The molecule has 4 rings (SSSR count). The first-order valence-corrected chi connectivity index (χ1v) is 11.3. The van der Waals surface area contributed by atoms with E-state index in [4.69, 9.17) is 4.42 Å². The van der Waals surface area contributed by atoms with Crippen molar-refractivity contribution >= 4 is 26.7 Å². The van der Waals surface area contributed by atoms with E-state index in [1.54, 1.807) is 6.26 Å². The van der Waals surface area contributed by atoms with Crippen LogP contribution in [0.4, 0.5) is 0 Å². The van der Waals surface area contributed by atoms with E-state index >= 15 is 0 Å². The largest absolute Gasteiger partial charge is 0.464 e. The summed E-state index contributed by atoms with van der Waals surface area (Å²) in [5.41, 5.74) is 4.10. The molecule has 3 heterocycles. The van der Waals surface area contributed by atoms with E-state index in [2.05, 4.69) is 17.9 Å². The van der Waals surface area contributed by atoms with Crippen molar-refractivity contribution in [3.8, 4) is 0 Å². The fourth-order valence-corrected chi connectivity index (χ4v) is 5.96. The molecule has 0 aliphatic carbocycles. The number of aryl methyl sites for hydroxylation is 2. The van der Waals surface area contributed by atoms with Gasteiger partial charge in [0.2, 0.25) is 5.91 Å². The van der Waals surface area contributed by atoms with Gasteiger partial charge >= 0.3 is 0 Å². The third kappa shape index (κ3) is 3.62. The average Bonchev–Trinajstić information content (AvgIpc) is 3.22. The van der Waals surface area contributed by atoms with Crippen LogP contribution in [-0.2, 0) is 21.1 Å². The van der Waals surface area contributed by atoms with Gasteiger partial charge in [-0.3, -0.25) is 9.69 Å². The van der Waals surface area contributed by atoms with Crippen molar-refractivity contribution in [3.63, 3.8) is 0 Å². The number of carbonyl (C=O) groups excluding carboxylic acids is 1. The molecule has 6 nitrogen and oxygen atoms in total. The number of hydrogen-bond donors (Lipinski definition) is 0. The van der Waals surface area contributed by atoms with Gasteiger partial charge in [0.1, 0.15) is 5.58 Å². The van der Waals surface area contributed by atoms with Gasteiger partial charge in [-0.25, -0.2) is 8.42 Å². The van der Waals surface area contributed by atoms with Crippen molar-refractivity contribution in [3.05, 3.63) is 35.1 Å². The van der Waals surface area contributed by atoms with Crippen LogP contribution >= 0.6 is 0 Å². The number of nitrogens with zero attached hydrogens (tertiary/aromatic N) is 2. The minimum atomic E-state index is -2.87. The highest BCUT2D eigenvalue weighted by molar-refractivity contribution is 7.91. The van der Waals surface area contributed by atoms with Crippen LogP contribution in [0.5, 0.6) is 0 Å². The Hall–Kier alpha value is -1.86. The second-order valence-electron chi connectivity index (χ2n) is 7.80. The number of benzene rings is 1. The zero-order valence-corrected chi connectivity index (χ0v) is 16.7. The van der Waals surface area contributed by atoms with Crippen LogP contribution < -0.4 is 0 Å². The molecule has 1 aromatic carbocycles. The smallest absolute Gasteiger partial charge is 0.227 e. The van der Waals surface area contributed by atoms with E-state index in [0.717, 1.165) is 41.6 Å². The summed E-state index contributed by atoms with van der Waals surface area (Å²) < 4.78 is 29.1. The van der Waals surface area contributed by atoms with Gasteiger partial charge in [0, 0.05) is 43.2 Å². The zero-order chi connectivity index (χ0) is 19.2. The zero-order valence-electron chi connectivity index (χ0n) is 15.9. The standard InChI is InChI=1S/C20H26N2O4S/c1-14-3-4-18-16(12-26-20(18)15(14)2)11-19(23)22-8-6-21(7-9-22)17-5-10-27(24,25)13-17/h3-4,12,17H,5-11,13H2,1-2H3/t17-/m0/s1. The predicted octanol–water partition coefficient (Wildman–Crippen LogP) is 1.92. The maximum Gasteiger partial charge on any atom is 0.227 e. The van der Waals surface area contributed by atoms with E-state index < -0.39 is 9.84 Å². The molecule has 2 saturated heterocycles. The second-order valence-corrected chi connectivity index (χ2v) is 10.0. The fourth-order valence-electron chi connectivity index (χ4n) is 4.20. The average molecular weight is 391 g/mol. The van der Waals surface area contributed by atoms with Crippen molar-refractivity contribution in [1.82, 2.24) is 9.80 Å². The van der Waals surface area contributed by atoms with Gasteiger partial charge in [-0.15, -0.1) is 0 Å². The molecule has 2 fully saturated rings. The molecular formula is C20H26N2O4S. The SMILES string of the molecule is Cc1ccc2c(CC(=O)N3CCN([C@H]4CCS(=O)(=O)C4)CC3)coc2c1C. The van der Waals surface area contributed by atoms with Crippen molar-refractivity contribution in [1.29, 1.82) is 0 Å². The number of amides is 1. The van der Waals surface area contributed by atoms with Crippen molar-refractivity contribution < 1.29 is 17.6 Å². The quantitative estimate of drug-likeness (QED) is 0.801. The predicted molar refractivity (Wildman–Crippen MR) is 105 cm³/mol. The van der Waals surface area contributed by atoms with Crippen LogP contribution in [0.2, 0.25) is 0 Å². The molecule has 0 spiro atoms. The summed E-state index contributed by atoms with van der Waals surface area (Å²) in [5, 5.41) is 1.02. The summed E-state index contributed by atoms with van der Waals surface area (Å²) in [4.78, 5) is 16.9. The third-order valence-corrected chi connectivity index (χ3v) is 7.83. The lowest BCUT2D eigenvalue weighted by Crippen LogP contribution is -2.52. The van der Waals surface area contributed by atoms with Crippen LogP contribution in [0.25, 0.3) is 11.0 Å². The molecular weight excluding hydrogens is 364 g/mol. The molecule has 0 bridgehead atoms. The molecule has 27 heavy (non-hydrogen) atoms. The topological polar surface area (TPSA) is 70.8 Å². The van der Waals surface area contributed by atoms with Gasteiger partial charge in [0.05, 0.1) is 24.2 Å². The number of rotatable bonds is 3. The Bertz CT molecular complexity index is 971. The van der Waals surface area contributed by atoms with Crippen LogP contribution in [0, 0.1) is 13.8 Å². The Kier molecular flexibility index (Phi) is 4.76. The molecule has 1 amide bonds. The Morgan fingerprint density at radius 3 is 2.59 bits per heavy atom. The first kappa shape index (κ1) is 18.5. The molecule has 1 atom stereocenters. The minimum Gasteiger partial charge on any atom is -0.464 e. The summed E-state index contributed by atoms with van der Waals surface area (Å²) in [6.45, 7) is 6.89. The number of carbonyl (C=O) groups is 1. The Labute approximate surface area is 160 Å². The van der Waals surface area contributed by atoms with Crippen molar-refractivity contribution in [2.24, 2.45) is 0 Å². The van der Waals surface area contributed by atoms with E-state index in [1.807, 2.05) is 17.9 Å². The van der Waals surface area contributed by atoms with Crippen molar-refractivity contribution in [2.45, 2.75) is 32.7 Å². The van der Waals surface area contributed by atoms with Crippen LogP contribution in [0.1, 0.15) is 23.1 Å². The summed E-state index contributed by atoms with van der Waals surface area (Å²) in [6, 6.07) is 4.22. The van der Waals surface area contributed by atoms with Gasteiger partial charge in [0.25, 0.3) is 0 Å². The van der Waals surface area contributed by atoms with Crippen LogP contribution in [0.3, 0.4) is 0 Å². The molecule has 7 heteroatoms. The summed E-state index contributed by atoms with van der Waals surface area (Å²) >= 11 is 0. The Morgan fingerprint density at radius 2 is 1.93 bits per heavy atom. The van der Waals surface area contributed by atoms with Gasteiger partial charge in [0.15, 0.2) is 9.84 Å². The minimum absolute atomic E-state index is 0.106. The summed E-state index contributed by atoms with van der Waals surface area (Å²) in [7, 11) is -2.87. The van der Waals surface area contributed by atoms with Crippen molar-refractivity contribution in [2.75, 3.05) is 37.7 Å². The summed E-state index contributed by atoms with van der Waals surface area (Å²) in [6.07, 6.45) is 2.76. The normalized spacial score (nSPS) is 23.2. The molecule has 1 aromatic heterocycles. The lowest BCUT2D eigenvalue weighted by atomic mass is 10.0. The number of furan rings is 1. The fraction of sp³-hybridized carbons (Fsp3) is 0.550. The van der Waals surface area contributed by atoms with E-state index in [-0.39, 0.29) is 17.7 Å². The van der Waals surface area contributed by atoms with Gasteiger partial charge in [-0.2, -0.15) is 0 Å². The second kappa shape index (κ2) is 6.95. The number of fused-ring (bicyclic) bond motifs is 1. The highest BCUT2D eigenvalue weighted by Gasteiger charge is 2.34. The van der Waals surface area contributed by atoms with Gasteiger partial charge in [-0.05, 0) is 31.4 Å².